The molecule has 2 aromatic heterocycles. The highest BCUT2D eigenvalue weighted by molar-refractivity contribution is 7.13. The minimum Gasteiger partial charge on any atom is -0.422 e. The highest BCUT2D eigenvalue weighted by atomic mass is 32.1. The smallest absolute Gasteiger partial charge is 0.349 e. The normalized spacial score (nSPS) is 10.7. The predicted molar refractivity (Wildman–Crippen MR) is 90.2 cm³/mol. The molecule has 118 valence electrons. The Morgan fingerprint density at radius 1 is 1.35 bits per heavy atom. The first-order valence-corrected chi connectivity index (χ1v) is 7.98. The lowest BCUT2D eigenvalue weighted by Gasteiger charge is -2.04. The van der Waals surface area contributed by atoms with Crippen LogP contribution in [-0.4, -0.2) is 24.5 Å². The largest absolute Gasteiger partial charge is 0.422 e. The summed E-state index contributed by atoms with van der Waals surface area (Å²) in [5, 5.41) is 9.17. The van der Waals surface area contributed by atoms with Crippen LogP contribution in [0.4, 0.5) is 5.13 Å². The molecule has 0 unspecified atom stereocenters. The maximum Gasteiger partial charge on any atom is 0.349 e. The molecule has 0 spiro atoms. The number of carbonyl (C=O) groups excluding carboxylic acids is 1. The number of para-hydroxylation sites is 1. The van der Waals surface area contributed by atoms with Crippen molar-refractivity contribution < 1.29 is 9.21 Å². The molecule has 1 aromatic carbocycles. The number of anilines is 1. The Bertz CT molecular complexity index is 901. The number of nitrogens with one attached hydrogen (secondary N) is 2. The van der Waals surface area contributed by atoms with E-state index in [1.54, 1.807) is 24.3 Å². The summed E-state index contributed by atoms with van der Waals surface area (Å²) in [7, 11) is 1.81. The van der Waals surface area contributed by atoms with Crippen LogP contribution in [0.3, 0.4) is 0 Å². The second-order valence-electron chi connectivity index (χ2n) is 4.89. The van der Waals surface area contributed by atoms with Crippen LogP contribution in [0.25, 0.3) is 11.0 Å². The fourth-order valence-electron chi connectivity index (χ4n) is 2.16. The summed E-state index contributed by atoms with van der Waals surface area (Å²) in [4.78, 5) is 28.4. The Morgan fingerprint density at radius 3 is 2.96 bits per heavy atom. The third kappa shape index (κ3) is 3.40. The fourth-order valence-corrected chi connectivity index (χ4v) is 2.86. The molecule has 0 saturated heterocycles. The van der Waals surface area contributed by atoms with Gasteiger partial charge in [-0.1, -0.05) is 18.2 Å². The lowest BCUT2D eigenvalue weighted by Crippen LogP contribution is -2.29. The molecule has 0 radical (unpaired) electrons. The van der Waals surface area contributed by atoms with E-state index < -0.39 is 11.5 Å². The zero-order valence-electron chi connectivity index (χ0n) is 12.5. The Hall–Kier alpha value is -2.67. The summed E-state index contributed by atoms with van der Waals surface area (Å²) < 4.78 is 5.16. The van der Waals surface area contributed by atoms with Crippen molar-refractivity contribution >= 4 is 33.3 Å². The summed E-state index contributed by atoms with van der Waals surface area (Å²) in [6.07, 6.45) is 0.600. The number of nitrogens with zero attached hydrogens (tertiary/aromatic N) is 1. The predicted octanol–water partition coefficient (Wildman–Crippen LogP) is 2.26. The minimum absolute atomic E-state index is 0.0119. The van der Waals surface area contributed by atoms with Crippen LogP contribution in [0.5, 0.6) is 0 Å². The van der Waals surface area contributed by atoms with Gasteiger partial charge in [0.25, 0.3) is 5.91 Å². The number of fused-ring (bicyclic) bond motifs is 1. The molecule has 0 saturated carbocycles. The van der Waals surface area contributed by atoms with Crippen molar-refractivity contribution in [3.8, 4) is 0 Å². The summed E-state index contributed by atoms with van der Waals surface area (Å²) in [5.74, 6) is -0.437. The van der Waals surface area contributed by atoms with Crippen LogP contribution >= 0.6 is 11.3 Å². The third-order valence-electron chi connectivity index (χ3n) is 3.32. The Balaban J connectivity index is 1.68. The van der Waals surface area contributed by atoms with Gasteiger partial charge in [-0.05, 0) is 12.1 Å². The van der Waals surface area contributed by atoms with Gasteiger partial charge < -0.3 is 15.1 Å². The maximum absolute atomic E-state index is 12.2. The SMILES string of the molecule is CNc1nc(CCNC(=O)c2cc3ccccc3oc2=O)cs1. The second kappa shape index (κ2) is 6.62. The van der Waals surface area contributed by atoms with E-state index in [0.29, 0.717) is 18.5 Å². The molecular formula is C16H15N3O3S. The average Bonchev–Trinajstić information content (AvgIpc) is 3.02. The summed E-state index contributed by atoms with van der Waals surface area (Å²) >= 11 is 1.51. The molecule has 0 aliphatic heterocycles. The molecule has 2 heterocycles. The number of carbonyl (C=O) groups is 1. The van der Waals surface area contributed by atoms with E-state index in [2.05, 4.69) is 15.6 Å². The molecule has 0 bridgehead atoms. The monoisotopic (exact) mass is 329 g/mol. The van der Waals surface area contributed by atoms with Gasteiger partial charge >= 0.3 is 5.63 Å². The van der Waals surface area contributed by atoms with Crippen molar-refractivity contribution in [3.63, 3.8) is 0 Å². The van der Waals surface area contributed by atoms with E-state index >= 15 is 0 Å². The van der Waals surface area contributed by atoms with Crippen molar-refractivity contribution in [2.75, 3.05) is 18.9 Å². The van der Waals surface area contributed by atoms with Crippen LogP contribution in [0.1, 0.15) is 16.1 Å². The van der Waals surface area contributed by atoms with E-state index in [-0.39, 0.29) is 5.56 Å². The molecule has 0 aliphatic carbocycles. The van der Waals surface area contributed by atoms with Gasteiger partial charge in [0.2, 0.25) is 0 Å². The second-order valence-corrected chi connectivity index (χ2v) is 5.74. The summed E-state index contributed by atoms with van der Waals surface area (Å²) in [6.45, 7) is 0.401. The third-order valence-corrected chi connectivity index (χ3v) is 4.23. The van der Waals surface area contributed by atoms with Crippen molar-refractivity contribution in [1.82, 2.24) is 10.3 Å². The zero-order chi connectivity index (χ0) is 16.2. The molecule has 2 N–H and O–H groups in total. The van der Waals surface area contributed by atoms with E-state index in [0.717, 1.165) is 16.2 Å². The van der Waals surface area contributed by atoms with Gasteiger partial charge in [-0.25, -0.2) is 9.78 Å². The van der Waals surface area contributed by atoms with Crippen molar-refractivity contribution in [3.05, 3.63) is 57.4 Å². The highest BCUT2D eigenvalue weighted by Gasteiger charge is 2.13. The molecule has 7 heteroatoms. The summed E-state index contributed by atoms with van der Waals surface area (Å²) in [6, 6.07) is 8.64. The number of hydrogen-bond acceptors (Lipinski definition) is 6. The Morgan fingerprint density at radius 2 is 2.17 bits per heavy atom. The highest BCUT2D eigenvalue weighted by Crippen LogP contribution is 2.15. The minimum atomic E-state index is -0.632. The van der Waals surface area contributed by atoms with Gasteiger partial charge in [-0.2, -0.15) is 0 Å². The van der Waals surface area contributed by atoms with E-state index in [4.69, 9.17) is 4.42 Å². The van der Waals surface area contributed by atoms with Crippen molar-refractivity contribution in [2.24, 2.45) is 0 Å². The average molecular weight is 329 g/mol. The fraction of sp³-hybridized carbons (Fsp3) is 0.188. The van der Waals surface area contributed by atoms with Gasteiger partial charge in [0.1, 0.15) is 11.1 Å². The Labute approximate surface area is 136 Å². The number of amides is 1. The first-order chi connectivity index (χ1) is 11.2. The number of hydrogen-bond donors (Lipinski definition) is 2. The Kier molecular flexibility index (Phi) is 4.38. The van der Waals surface area contributed by atoms with E-state index in [9.17, 15) is 9.59 Å². The first-order valence-electron chi connectivity index (χ1n) is 7.10. The number of aromatic nitrogens is 1. The number of benzene rings is 1. The van der Waals surface area contributed by atoms with Crippen LogP contribution < -0.4 is 16.3 Å². The standard InChI is InChI=1S/C16H15N3O3S/c1-17-16-19-11(9-23-16)6-7-18-14(20)12-8-10-4-2-3-5-13(10)22-15(12)21/h2-5,8-9H,6-7H2,1H3,(H,17,19)(H,18,20). The molecule has 23 heavy (non-hydrogen) atoms. The van der Waals surface area contributed by atoms with Gasteiger partial charge in [0.15, 0.2) is 5.13 Å². The maximum atomic E-state index is 12.2. The van der Waals surface area contributed by atoms with E-state index in [1.165, 1.54) is 11.3 Å². The van der Waals surface area contributed by atoms with Crippen LogP contribution in [0.2, 0.25) is 0 Å². The molecule has 1 amide bonds. The van der Waals surface area contributed by atoms with E-state index in [1.807, 2.05) is 18.5 Å². The van der Waals surface area contributed by atoms with Crippen molar-refractivity contribution in [1.29, 1.82) is 0 Å². The lowest BCUT2D eigenvalue weighted by atomic mass is 10.2. The van der Waals surface area contributed by atoms with Gasteiger partial charge in [-0.3, -0.25) is 4.79 Å². The summed E-state index contributed by atoms with van der Waals surface area (Å²) in [5.41, 5.74) is 0.742. The molecular weight excluding hydrogens is 314 g/mol. The topological polar surface area (TPSA) is 84.2 Å². The molecule has 3 aromatic rings. The molecule has 6 nitrogen and oxygen atoms in total. The number of rotatable bonds is 5. The van der Waals surface area contributed by atoms with Crippen LogP contribution in [-0.2, 0) is 6.42 Å². The van der Waals surface area contributed by atoms with Crippen molar-refractivity contribution in [2.45, 2.75) is 6.42 Å². The molecule has 0 atom stereocenters. The first kappa shape index (κ1) is 15.2. The van der Waals surface area contributed by atoms with Crippen LogP contribution in [0.15, 0.2) is 44.9 Å². The molecule has 0 aliphatic rings. The lowest BCUT2D eigenvalue weighted by molar-refractivity contribution is 0.0950. The van der Waals surface area contributed by atoms with Gasteiger partial charge in [0, 0.05) is 30.8 Å². The zero-order valence-corrected chi connectivity index (χ0v) is 13.3. The molecule has 0 fully saturated rings. The number of thiazole rings is 1. The quantitative estimate of drug-likeness (QED) is 0.702. The van der Waals surface area contributed by atoms with Crippen LogP contribution in [0, 0.1) is 0 Å². The molecule has 3 rings (SSSR count). The van der Waals surface area contributed by atoms with Gasteiger partial charge in [-0.15, -0.1) is 11.3 Å². The van der Waals surface area contributed by atoms with Gasteiger partial charge in [0.05, 0.1) is 5.69 Å².